The Morgan fingerprint density at radius 3 is 2.28 bits per heavy atom. The quantitative estimate of drug-likeness (QED) is 0.172. The number of hydrogen-bond acceptors (Lipinski definition) is 2. The molecule has 0 amide bonds. The van der Waals surface area contributed by atoms with Crippen molar-refractivity contribution in [3.63, 3.8) is 0 Å². The highest BCUT2D eigenvalue weighted by Crippen LogP contribution is 2.55. The molecule has 0 N–H and O–H groups in total. The van der Waals surface area contributed by atoms with Crippen molar-refractivity contribution in [2.24, 2.45) is 0 Å². The van der Waals surface area contributed by atoms with E-state index >= 15 is 4.57 Å². The minimum absolute atomic E-state index is 0.839. The maximum absolute atomic E-state index is 16.1. The molecule has 8 rings (SSSR count). The van der Waals surface area contributed by atoms with Crippen molar-refractivity contribution in [1.29, 1.82) is 0 Å². The van der Waals surface area contributed by atoms with E-state index in [0.29, 0.717) is 0 Å². The lowest BCUT2D eigenvalue weighted by Crippen LogP contribution is -2.42. The molecule has 6 aromatic rings. The Morgan fingerprint density at radius 2 is 1.38 bits per heavy atom. The van der Waals surface area contributed by atoms with Crippen molar-refractivity contribution >= 4 is 68.8 Å². The fourth-order valence-corrected chi connectivity index (χ4v) is 13.6. The molecule has 4 heteroatoms. The molecular formula is C35H26NOPSi. The number of benzene rings is 5. The standard InChI is InChI=1S/C35H26NOPSi/c1-39(2)32-16-8-6-14-28(32)34-33-26-12-4-3-10-23(26)18-20-31(33)38(37,30-15-7-5-13-27(30)35(34)39)25-19-17-24-11-9-21-36-29(24)22-25/h3-22H,1-2H3. The highest BCUT2D eigenvalue weighted by molar-refractivity contribution is 7.85. The zero-order valence-electron chi connectivity index (χ0n) is 21.8. The predicted molar refractivity (Wildman–Crippen MR) is 168 cm³/mol. The Bertz CT molecular complexity index is 2090. The largest absolute Gasteiger partial charge is 0.309 e. The van der Waals surface area contributed by atoms with Crippen LogP contribution < -0.4 is 21.1 Å². The summed E-state index contributed by atoms with van der Waals surface area (Å²) in [7, 11) is -5.40. The minimum Gasteiger partial charge on any atom is -0.309 e. The van der Waals surface area contributed by atoms with Crippen LogP contribution in [-0.4, -0.2) is 13.1 Å². The van der Waals surface area contributed by atoms with Gasteiger partial charge in [0.2, 0.25) is 0 Å². The van der Waals surface area contributed by atoms with Gasteiger partial charge in [-0.1, -0.05) is 110 Å². The third-order valence-corrected chi connectivity index (χ3v) is 15.4. The van der Waals surface area contributed by atoms with Crippen molar-refractivity contribution in [2.45, 2.75) is 13.1 Å². The predicted octanol–water partition coefficient (Wildman–Crippen LogP) is 6.77. The summed E-state index contributed by atoms with van der Waals surface area (Å²) < 4.78 is 16.1. The van der Waals surface area contributed by atoms with Crippen LogP contribution in [-0.2, 0) is 4.57 Å². The van der Waals surface area contributed by atoms with Crippen molar-refractivity contribution in [1.82, 2.24) is 4.98 Å². The number of aromatic nitrogens is 1. The lowest BCUT2D eigenvalue weighted by molar-refractivity contribution is 0.592. The number of pyridine rings is 1. The molecule has 0 spiro atoms. The van der Waals surface area contributed by atoms with Crippen molar-refractivity contribution in [3.05, 3.63) is 138 Å². The first-order chi connectivity index (χ1) is 19.0. The van der Waals surface area contributed by atoms with Gasteiger partial charge < -0.3 is 4.57 Å². The van der Waals surface area contributed by atoms with Crippen LogP contribution in [0.3, 0.4) is 0 Å². The Kier molecular flexibility index (Phi) is 4.69. The highest BCUT2D eigenvalue weighted by Gasteiger charge is 2.47. The monoisotopic (exact) mass is 535 g/mol. The Labute approximate surface area is 229 Å². The average Bonchev–Trinajstić information content (AvgIpc) is 3.15. The molecule has 3 heterocycles. The Balaban J connectivity index is 1.60. The van der Waals surface area contributed by atoms with Gasteiger partial charge in [0.1, 0.15) is 8.07 Å². The van der Waals surface area contributed by atoms with Crippen LogP contribution in [0.4, 0.5) is 0 Å². The molecule has 5 aromatic carbocycles. The van der Waals surface area contributed by atoms with Gasteiger partial charge in [0, 0.05) is 33.1 Å². The van der Waals surface area contributed by atoms with E-state index in [1.807, 2.05) is 18.3 Å². The average molecular weight is 536 g/mol. The maximum Gasteiger partial charge on any atom is 0.172 e. The van der Waals surface area contributed by atoms with Crippen LogP contribution in [0.15, 0.2) is 121 Å². The zero-order valence-corrected chi connectivity index (χ0v) is 23.7. The summed E-state index contributed by atoms with van der Waals surface area (Å²) in [5.74, 6) is 0. The normalized spacial score (nSPS) is 18.8. The van der Waals surface area contributed by atoms with Gasteiger partial charge in [-0.2, -0.15) is 0 Å². The number of rotatable bonds is 1. The second kappa shape index (κ2) is 7.99. The highest BCUT2D eigenvalue weighted by atomic mass is 31.2. The molecule has 0 aliphatic carbocycles. The zero-order chi connectivity index (χ0) is 26.4. The summed E-state index contributed by atoms with van der Waals surface area (Å²) in [5.41, 5.74) is 5.72. The number of hydrogen-bond donors (Lipinski definition) is 0. The van der Waals surface area contributed by atoms with Gasteiger partial charge in [0.25, 0.3) is 0 Å². The first-order valence-electron chi connectivity index (χ1n) is 13.4. The lowest BCUT2D eigenvalue weighted by Gasteiger charge is -2.27. The summed E-state index contributed by atoms with van der Waals surface area (Å²) in [5, 5.41) is 8.94. The van der Waals surface area contributed by atoms with Crippen LogP contribution in [0.25, 0.3) is 32.4 Å². The second-order valence-corrected chi connectivity index (χ2v) is 18.1. The van der Waals surface area contributed by atoms with Crippen LogP contribution in [0, 0.1) is 0 Å². The van der Waals surface area contributed by atoms with Gasteiger partial charge in [-0.25, -0.2) is 0 Å². The molecule has 0 fully saturated rings. The third kappa shape index (κ3) is 2.98. The van der Waals surface area contributed by atoms with Crippen LogP contribution >= 0.6 is 7.14 Å². The molecule has 1 atom stereocenters. The molecule has 0 saturated heterocycles. The molecule has 0 saturated carbocycles. The molecule has 39 heavy (non-hydrogen) atoms. The molecule has 2 nitrogen and oxygen atoms in total. The van der Waals surface area contributed by atoms with E-state index in [9.17, 15) is 0 Å². The Hall–Kier alpha value is -4.04. The van der Waals surface area contributed by atoms with E-state index in [2.05, 4.69) is 121 Å². The van der Waals surface area contributed by atoms with Crippen molar-refractivity contribution < 1.29 is 4.57 Å². The van der Waals surface area contributed by atoms with Crippen LogP contribution in [0.5, 0.6) is 0 Å². The maximum atomic E-state index is 16.1. The minimum atomic E-state index is -3.28. The number of fused-ring (bicyclic) bond motifs is 9. The van der Waals surface area contributed by atoms with Crippen LogP contribution in [0.1, 0.15) is 16.7 Å². The molecule has 0 bridgehead atoms. The van der Waals surface area contributed by atoms with Crippen LogP contribution in [0.2, 0.25) is 13.1 Å². The van der Waals surface area contributed by atoms with E-state index in [-0.39, 0.29) is 0 Å². The van der Waals surface area contributed by atoms with E-state index in [4.69, 9.17) is 0 Å². The van der Waals surface area contributed by atoms with E-state index in [1.165, 1.54) is 26.9 Å². The molecule has 2 aliphatic heterocycles. The summed E-state index contributed by atoms with van der Waals surface area (Å²) >= 11 is 0. The van der Waals surface area contributed by atoms with E-state index in [0.717, 1.165) is 43.3 Å². The number of nitrogens with zero attached hydrogens (tertiary/aromatic N) is 1. The fraction of sp³-hybridized carbons (Fsp3) is 0.0571. The summed E-state index contributed by atoms with van der Waals surface area (Å²) in [6.07, 6.45) is 1.81. The smallest absolute Gasteiger partial charge is 0.172 e. The van der Waals surface area contributed by atoms with Gasteiger partial charge in [0.05, 0.1) is 5.52 Å². The first kappa shape index (κ1) is 22.9. The third-order valence-electron chi connectivity index (χ3n) is 8.71. The topological polar surface area (TPSA) is 30.0 Å². The lowest BCUT2D eigenvalue weighted by atomic mass is 9.91. The van der Waals surface area contributed by atoms with Gasteiger partial charge in [-0.05, 0) is 56.1 Å². The molecule has 186 valence electrons. The Morgan fingerprint density at radius 1 is 0.667 bits per heavy atom. The van der Waals surface area contributed by atoms with Gasteiger partial charge >= 0.3 is 0 Å². The molecular weight excluding hydrogens is 509 g/mol. The summed E-state index contributed by atoms with van der Waals surface area (Å²) in [4.78, 5) is 4.64. The molecule has 1 unspecified atom stereocenters. The SMILES string of the molecule is C[Si]1(C)C2=C(c3ccccc31)c1c(ccc3ccccc13)P(=O)(c1ccc3cccnc3c1)c1ccccc12. The van der Waals surface area contributed by atoms with E-state index < -0.39 is 15.2 Å². The van der Waals surface area contributed by atoms with Crippen molar-refractivity contribution in [3.8, 4) is 0 Å². The summed E-state index contributed by atoms with van der Waals surface area (Å²) in [6.45, 7) is 4.90. The van der Waals surface area contributed by atoms with Crippen molar-refractivity contribution in [2.75, 3.05) is 0 Å². The molecule has 0 radical (unpaired) electrons. The van der Waals surface area contributed by atoms with E-state index in [1.54, 1.807) is 0 Å². The second-order valence-electron chi connectivity index (χ2n) is 11.1. The van der Waals surface area contributed by atoms with Gasteiger partial charge in [-0.3, -0.25) is 4.98 Å². The van der Waals surface area contributed by atoms with Gasteiger partial charge in [-0.15, -0.1) is 0 Å². The fourth-order valence-electron chi connectivity index (χ4n) is 6.96. The summed E-state index contributed by atoms with van der Waals surface area (Å²) in [6, 6.07) is 40.5. The molecule has 1 aromatic heterocycles. The molecule has 2 aliphatic rings. The first-order valence-corrected chi connectivity index (χ1v) is 18.1. The van der Waals surface area contributed by atoms with Gasteiger partial charge in [0.15, 0.2) is 7.14 Å².